The van der Waals surface area contributed by atoms with E-state index in [-0.39, 0.29) is 0 Å². The SMILES string of the molecule is CCNC(=NCCc1nc2ccccc2[nH]1)NC1CCN(C(C)C)CC1. The maximum absolute atomic E-state index is 4.75. The molecule has 26 heavy (non-hydrogen) atoms. The number of aliphatic imine (C=N–C) groups is 1. The highest BCUT2D eigenvalue weighted by Crippen LogP contribution is 2.13. The second-order valence-electron chi connectivity index (χ2n) is 7.26. The molecule has 3 N–H and O–H groups in total. The van der Waals surface area contributed by atoms with Gasteiger partial charge in [0, 0.05) is 44.7 Å². The van der Waals surface area contributed by atoms with E-state index in [9.17, 15) is 0 Å². The minimum absolute atomic E-state index is 0.508. The molecule has 1 aliphatic rings. The third-order valence-electron chi connectivity index (χ3n) is 5.00. The van der Waals surface area contributed by atoms with Gasteiger partial charge in [-0.2, -0.15) is 0 Å². The van der Waals surface area contributed by atoms with Crippen LogP contribution in [-0.2, 0) is 6.42 Å². The molecule has 2 aromatic rings. The van der Waals surface area contributed by atoms with Crippen LogP contribution in [0.4, 0.5) is 0 Å². The quantitative estimate of drug-likeness (QED) is 0.550. The lowest BCUT2D eigenvalue weighted by molar-refractivity contribution is 0.167. The number of hydrogen-bond donors (Lipinski definition) is 3. The molecule has 0 aliphatic carbocycles. The number of nitrogens with zero attached hydrogens (tertiary/aromatic N) is 3. The molecule has 2 heterocycles. The first-order valence-corrected chi connectivity index (χ1v) is 9.88. The second-order valence-corrected chi connectivity index (χ2v) is 7.26. The van der Waals surface area contributed by atoms with Gasteiger partial charge in [0.25, 0.3) is 0 Å². The molecule has 6 nitrogen and oxygen atoms in total. The van der Waals surface area contributed by atoms with Crippen LogP contribution in [0.2, 0.25) is 0 Å². The highest BCUT2D eigenvalue weighted by molar-refractivity contribution is 5.80. The molecule has 0 amide bonds. The van der Waals surface area contributed by atoms with Crippen molar-refractivity contribution in [2.24, 2.45) is 4.99 Å². The Kier molecular flexibility index (Phi) is 6.50. The van der Waals surface area contributed by atoms with Gasteiger partial charge in [0.1, 0.15) is 5.82 Å². The Balaban J connectivity index is 1.52. The lowest BCUT2D eigenvalue weighted by atomic mass is 10.0. The van der Waals surface area contributed by atoms with Crippen LogP contribution in [0.3, 0.4) is 0 Å². The minimum Gasteiger partial charge on any atom is -0.357 e. The second kappa shape index (κ2) is 9.03. The fraction of sp³-hybridized carbons (Fsp3) is 0.600. The minimum atomic E-state index is 0.508. The van der Waals surface area contributed by atoms with E-state index in [0.29, 0.717) is 12.1 Å². The summed E-state index contributed by atoms with van der Waals surface area (Å²) >= 11 is 0. The van der Waals surface area contributed by atoms with Gasteiger partial charge in [-0.1, -0.05) is 12.1 Å². The lowest BCUT2D eigenvalue weighted by Gasteiger charge is -2.35. The molecular formula is C20H32N6. The standard InChI is InChI=1S/C20H32N6/c1-4-21-20(23-16-10-13-26(14-11-16)15(2)3)22-12-9-19-24-17-7-5-6-8-18(17)25-19/h5-8,15-16H,4,9-14H2,1-3H3,(H,24,25)(H2,21,22,23). The number of fused-ring (bicyclic) bond motifs is 1. The fourth-order valence-electron chi connectivity index (χ4n) is 3.47. The van der Waals surface area contributed by atoms with E-state index < -0.39 is 0 Å². The monoisotopic (exact) mass is 356 g/mol. The summed E-state index contributed by atoms with van der Waals surface area (Å²) in [5, 5.41) is 6.98. The molecule has 0 atom stereocenters. The first-order valence-electron chi connectivity index (χ1n) is 9.88. The zero-order chi connectivity index (χ0) is 18.4. The predicted octanol–water partition coefficient (Wildman–Crippen LogP) is 2.53. The molecule has 6 heteroatoms. The van der Waals surface area contributed by atoms with Crippen molar-refractivity contribution >= 4 is 17.0 Å². The van der Waals surface area contributed by atoms with Crippen LogP contribution >= 0.6 is 0 Å². The highest BCUT2D eigenvalue weighted by atomic mass is 15.2. The molecule has 142 valence electrons. The maximum atomic E-state index is 4.75. The molecule has 1 aromatic carbocycles. The van der Waals surface area contributed by atoms with Crippen molar-refractivity contribution in [2.75, 3.05) is 26.2 Å². The van der Waals surface area contributed by atoms with Gasteiger partial charge in [-0.05, 0) is 45.7 Å². The number of guanidine groups is 1. The topological polar surface area (TPSA) is 68.3 Å². The van der Waals surface area contributed by atoms with Crippen LogP contribution in [-0.4, -0.2) is 59.1 Å². The summed E-state index contributed by atoms with van der Waals surface area (Å²) < 4.78 is 0. The van der Waals surface area contributed by atoms with E-state index in [1.807, 2.05) is 18.2 Å². The molecule has 0 spiro atoms. The molecule has 0 bridgehead atoms. The number of aromatic nitrogens is 2. The predicted molar refractivity (Wildman–Crippen MR) is 109 cm³/mol. The first kappa shape index (κ1) is 18.7. The van der Waals surface area contributed by atoms with Crippen LogP contribution in [0.1, 0.15) is 39.4 Å². The van der Waals surface area contributed by atoms with E-state index in [2.05, 4.69) is 52.3 Å². The molecule has 0 unspecified atom stereocenters. The van der Waals surface area contributed by atoms with Crippen molar-refractivity contribution in [1.82, 2.24) is 25.5 Å². The Hall–Kier alpha value is -2.08. The Bertz CT molecular complexity index is 679. The van der Waals surface area contributed by atoms with Gasteiger partial charge in [0.05, 0.1) is 11.0 Å². The third-order valence-corrected chi connectivity index (χ3v) is 5.00. The van der Waals surface area contributed by atoms with E-state index in [1.54, 1.807) is 0 Å². The number of hydrogen-bond acceptors (Lipinski definition) is 3. The first-order chi connectivity index (χ1) is 12.7. The smallest absolute Gasteiger partial charge is 0.191 e. The zero-order valence-electron chi connectivity index (χ0n) is 16.3. The number of H-pyrrole nitrogens is 1. The number of para-hydroxylation sites is 2. The normalized spacial score (nSPS) is 17.2. The number of benzene rings is 1. The van der Waals surface area contributed by atoms with E-state index in [1.165, 1.54) is 12.8 Å². The van der Waals surface area contributed by atoms with Gasteiger partial charge in [0.15, 0.2) is 5.96 Å². The van der Waals surface area contributed by atoms with E-state index in [4.69, 9.17) is 4.99 Å². The Morgan fingerprint density at radius 1 is 1.31 bits per heavy atom. The van der Waals surface area contributed by atoms with Crippen LogP contribution in [0, 0.1) is 0 Å². The summed E-state index contributed by atoms with van der Waals surface area (Å²) in [7, 11) is 0. The number of imidazole rings is 1. The van der Waals surface area contributed by atoms with Gasteiger partial charge in [-0.15, -0.1) is 0 Å². The number of rotatable bonds is 6. The average molecular weight is 357 g/mol. The van der Waals surface area contributed by atoms with E-state index >= 15 is 0 Å². The van der Waals surface area contributed by atoms with Gasteiger partial charge >= 0.3 is 0 Å². The Morgan fingerprint density at radius 3 is 2.77 bits per heavy atom. The lowest BCUT2D eigenvalue weighted by Crippen LogP contribution is -2.49. The molecule has 3 rings (SSSR count). The summed E-state index contributed by atoms with van der Waals surface area (Å²) in [4.78, 5) is 15.3. The van der Waals surface area contributed by atoms with Gasteiger partial charge in [0.2, 0.25) is 0 Å². The van der Waals surface area contributed by atoms with Crippen LogP contribution in [0.5, 0.6) is 0 Å². The van der Waals surface area contributed by atoms with Gasteiger partial charge < -0.3 is 20.5 Å². The van der Waals surface area contributed by atoms with Gasteiger partial charge in [-0.25, -0.2) is 4.98 Å². The largest absolute Gasteiger partial charge is 0.357 e. The maximum Gasteiger partial charge on any atom is 0.191 e. The molecule has 0 radical (unpaired) electrons. The van der Waals surface area contributed by atoms with Crippen molar-refractivity contribution < 1.29 is 0 Å². The molecule has 1 fully saturated rings. The van der Waals surface area contributed by atoms with Crippen molar-refractivity contribution in [3.05, 3.63) is 30.1 Å². The molecular weight excluding hydrogens is 324 g/mol. The van der Waals surface area contributed by atoms with Crippen molar-refractivity contribution in [1.29, 1.82) is 0 Å². The third kappa shape index (κ3) is 4.97. The Labute approximate surface area is 156 Å². The summed E-state index contributed by atoms with van der Waals surface area (Å²) in [5.74, 6) is 1.92. The fourth-order valence-corrected chi connectivity index (χ4v) is 3.47. The van der Waals surface area contributed by atoms with Gasteiger partial charge in [-0.3, -0.25) is 4.99 Å². The summed E-state index contributed by atoms with van der Waals surface area (Å²) in [5.41, 5.74) is 2.11. The molecule has 1 aromatic heterocycles. The van der Waals surface area contributed by atoms with Crippen molar-refractivity contribution in [3.63, 3.8) is 0 Å². The average Bonchev–Trinajstić information content (AvgIpc) is 3.05. The summed E-state index contributed by atoms with van der Waals surface area (Å²) in [6.45, 7) is 10.6. The number of nitrogens with one attached hydrogen (secondary N) is 3. The van der Waals surface area contributed by atoms with Crippen LogP contribution < -0.4 is 10.6 Å². The number of likely N-dealkylation sites (tertiary alicyclic amines) is 1. The zero-order valence-corrected chi connectivity index (χ0v) is 16.3. The van der Waals surface area contributed by atoms with Crippen molar-refractivity contribution in [2.45, 2.75) is 52.1 Å². The van der Waals surface area contributed by atoms with E-state index in [0.717, 1.165) is 55.4 Å². The molecule has 0 saturated carbocycles. The molecule has 1 aliphatic heterocycles. The number of aromatic amines is 1. The van der Waals surface area contributed by atoms with Crippen LogP contribution in [0.25, 0.3) is 11.0 Å². The van der Waals surface area contributed by atoms with Crippen LogP contribution in [0.15, 0.2) is 29.3 Å². The number of piperidine rings is 1. The summed E-state index contributed by atoms with van der Waals surface area (Å²) in [6, 6.07) is 9.29. The van der Waals surface area contributed by atoms with Crippen molar-refractivity contribution in [3.8, 4) is 0 Å². The molecule has 1 saturated heterocycles. The summed E-state index contributed by atoms with van der Waals surface area (Å²) in [6.07, 6.45) is 3.16. The Morgan fingerprint density at radius 2 is 2.08 bits per heavy atom. The highest BCUT2D eigenvalue weighted by Gasteiger charge is 2.21.